The van der Waals surface area contributed by atoms with Gasteiger partial charge in [-0.05, 0) is 34.1 Å². The molecule has 0 aliphatic rings. The molecule has 0 radical (unpaired) electrons. The van der Waals surface area contributed by atoms with E-state index < -0.39 is 4.92 Å². The molecule has 6 nitrogen and oxygen atoms in total. The zero-order valence-electron chi connectivity index (χ0n) is 10.7. The highest BCUT2D eigenvalue weighted by Crippen LogP contribution is 2.34. The molecule has 2 rings (SSSR count). The molecule has 20 heavy (non-hydrogen) atoms. The van der Waals surface area contributed by atoms with Crippen LogP contribution >= 0.6 is 15.9 Å². The maximum absolute atomic E-state index is 10.8. The first-order valence-electron chi connectivity index (χ1n) is 5.81. The lowest BCUT2D eigenvalue weighted by atomic mass is 10.3. The molecule has 0 atom stereocenters. The molecule has 1 N–H and O–H groups in total. The summed E-state index contributed by atoms with van der Waals surface area (Å²) in [4.78, 5) is 14.7. The van der Waals surface area contributed by atoms with Crippen molar-refractivity contribution in [2.24, 2.45) is 0 Å². The van der Waals surface area contributed by atoms with Gasteiger partial charge in [-0.15, -0.1) is 0 Å². The first-order chi connectivity index (χ1) is 9.61. The number of rotatable bonds is 5. The number of nitrogens with zero attached hydrogens (tertiary/aromatic N) is 2. The van der Waals surface area contributed by atoms with Crippen LogP contribution in [0.15, 0.2) is 40.9 Å². The molecule has 0 aliphatic heterocycles. The third kappa shape index (κ3) is 3.24. The van der Waals surface area contributed by atoms with E-state index in [-0.39, 0.29) is 12.3 Å². The molecule has 0 spiro atoms. The number of nitro benzene ring substituents is 1. The van der Waals surface area contributed by atoms with Gasteiger partial charge in [0.1, 0.15) is 22.6 Å². The topological polar surface area (TPSA) is 77.3 Å². The molecule has 1 aromatic heterocycles. The monoisotopic (exact) mass is 337 g/mol. The van der Waals surface area contributed by atoms with Gasteiger partial charge < -0.3 is 10.1 Å². The molecule has 7 heteroatoms. The van der Waals surface area contributed by atoms with E-state index in [0.29, 0.717) is 10.2 Å². The molecule has 0 amide bonds. The molecule has 0 saturated carbocycles. The minimum absolute atomic E-state index is 0.0283. The van der Waals surface area contributed by atoms with Crippen LogP contribution in [0.4, 0.5) is 11.5 Å². The van der Waals surface area contributed by atoms with Gasteiger partial charge in [-0.3, -0.25) is 10.1 Å². The normalized spacial score (nSPS) is 10.1. The number of hydrogen-bond donors (Lipinski definition) is 1. The van der Waals surface area contributed by atoms with Gasteiger partial charge in [-0.2, -0.15) is 0 Å². The highest BCUT2D eigenvalue weighted by Gasteiger charge is 2.15. The van der Waals surface area contributed by atoms with Crippen molar-refractivity contribution in [3.8, 4) is 5.75 Å². The fourth-order valence-electron chi connectivity index (χ4n) is 1.60. The summed E-state index contributed by atoms with van der Waals surface area (Å²) in [7, 11) is 1.78. The van der Waals surface area contributed by atoms with Crippen LogP contribution in [-0.2, 0) is 6.61 Å². The van der Waals surface area contributed by atoms with Crippen molar-refractivity contribution >= 4 is 27.4 Å². The number of ether oxygens (including phenoxy) is 1. The molecule has 0 fully saturated rings. The second kappa shape index (κ2) is 6.33. The SMILES string of the molecule is CNc1cccc(COc2cccc([N+](=O)[O-])c2Br)n1. The summed E-state index contributed by atoms with van der Waals surface area (Å²) in [5, 5.41) is 13.8. The average Bonchev–Trinajstić information content (AvgIpc) is 2.46. The molecule has 0 saturated heterocycles. The highest BCUT2D eigenvalue weighted by molar-refractivity contribution is 9.10. The molecule has 104 valence electrons. The van der Waals surface area contributed by atoms with Gasteiger partial charge in [0, 0.05) is 13.1 Å². The Kier molecular flexibility index (Phi) is 4.52. The quantitative estimate of drug-likeness (QED) is 0.668. The number of aromatic nitrogens is 1. The first-order valence-corrected chi connectivity index (χ1v) is 6.60. The lowest BCUT2D eigenvalue weighted by Crippen LogP contribution is -2.01. The smallest absolute Gasteiger partial charge is 0.287 e. The Balaban J connectivity index is 2.14. The number of benzene rings is 1. The van der Waals surface area contributed by atoms with Crippen LogP contribution in [0.3, 0.4) is 0 Å². The zero-order valence-corrected chi connectivity index (χ0v) is 12.3. The zero-order chi connectivity index (χ0) is 14.5. The summed E-state index contributed by atoms with van der Waals surface area (Å²) in [6, 6.07) is 10.2. The predicted octanol–water partition coefficient (Wildman–Crippen LogP) is 3.37. The van der Waals surface area contributed by atoms with Gasteiger partial charge in [0.05, 0.1) is 10.6 Å². The van der Waals surface area contributed by atoms with Crippen LogP contribution in [0.5, 0.6) is 5.75 Å². The van der Waals surface area contributed by atoms with Gasteiger partial charge in [-0.1, -0.05) is 12.1 Å². The number of halogens is 1. The number of nitrogens with one attached hydrogen (secondary N) is 1. The van der Waals surface area contributed by atoms with E-state index in [2.05, 4.69) is 26.2 Å². The Morgan fingerprint density at radius 1 is 1.35 bits per heavy atom. The van der Waals surface area contributed by atoms with E-state index in [0.717, 1.165) is 11.5 Å². The van der Waals surface area contributed by atoms with E-state index >= 15 is 0 Å². The summed E-state index contributed by atoms with van der Waals surface area (Å²) in [6.45, 7) is 0.231. The third-order valence-electron chi connectivity index (χ3n) is 2.58. The molecule has 1 aromatic carbocycles. The minimum Gasteiger partial charge on any atom is -0.486 e. The second-order valence-corrected chi connectivity index (χ2v) is 4.69. The second-order valence-electron chi connectivity index (χ2n) is 3.90. The predicted molar refractivity (Wildman–Crippen MR) is 78.9 cm³/mol. The molecule has 1 heterocycles. The van der Waals surface area contributed by atoms with Gasteiger partial charge in [0.15, 0.2) is 0 Å². The number of pyridine rings is 1. The maximum atomic E-state index is 10.8. The number of nitro groups is 1. The lowest BCUT2D eigenvalue weighted by Gasteiger charge is -2.08. The van der Waals surface area contributed by atoms with Gasteiger partial charge in [0.2, 0.25) is 0 Å². The average molecular weight is 338 g/mol. The third-order valence-corrected chi connectivity index (χ3v) is 3.38. The summed E-state index contributed by atoms with van der Waals surface area (Å²) < 4.78 is 5.90. The summed E-state index contributed by atoms with van der Waals surface area (Å²) in [6.07, 6.45) is 0. The summed E-state index contributed by atoms with van der Waals surface area (Å²) in [5.74, 6) is 1.15. The van der Waals surface area contributed by atoms with Crippen LogP contribution in [0, 0.1) is 10.1 Å². The number of anilines is 1. The van der Waals surface area contributed by atoms with Crippen molar-refractivity contribution in [1.82, 2.24) is 4.98 Å². The Morgan fingerprint density at radius 3 is 2.80 bits per heavy atom. The van der Waals surface area contributed by atoms with Crippen LogP contribution < -0.4 is 10.1 Å². The summed E-state index contributed by atoms with van der Waals surface area (Å²) >= 11 is 3.18. The Bertz CT molecular complexity index is 634. The minimum atomic E-state index is -0.461. The Morgan fingerprint density at radius 2 is 2.10 bits per heavy atom. The fraction of sp³-hybridized carbons (Fsp3) is 0.154. The molecule has 0 aliphatic carbocycles. The Labute approximate surface area is 124 Å². The van der Waals surface area contributed by atoms with E-state index in [1.54, 1.807) is 19.2 Å². The number of hydrogen-bond acceptors (Lipinski definition) is 5. The van der Waals surface area contributed by atoms with Crippen molar-refractivity contribution in [3.05, 3.63) is 56.7 Å². The molecular formula is C13H12BrN3O3. The van der Waals surface area contributed by atoms with E-state index in [4.69, 9.17) is 4.74 Å². The van der Waals surface area contributed by atoms with E-state index in [9.17, 15) is 10.1 Å². The van der Waals surface area contributed by atoms with Crippen LogP contribution in [0.2, 0.25) is 0 Å². The lowest BCUT2D eigenvalue weighted by molar-refractivity contribution is -0.385. The van der Waals surface area contributed by atoms with Crippen LogP contribution in [0.1, 0.15) is 5.69 Å². The van der Waals surface area contributed by atoms with Crippen molar-refractivity contribution < 1.29 is 9.66 Å². The van der Waals surface area contributed by atoms with Gasteiger partial charge >= 0.3 is 0 Å². The molecule has 0 unspecified atom stereocenters. The molecule has 2 aromatic rings. The molecule has 0 bridgehead atoms. The highest BCUT2D eigenvalue weighted by atomic mass is 79.9. The standard InChI is InChI=1S/C13H12BrN3O3/c1-15-12-7-2-4-9(16-12)8-20-11-6-3-5-10(13(11)14)17(18)19/h2-7H,8H2,1H3,(H,15,16). The van der Waals surface area contributed by atoms with Gasteiger partial charge in [-0.25, -0.2) is 4.98 Å². The first kappa shape index (κ1) is 14.3. The van der Waals surface area contributed by atoms with Crippen molar-refractivity contribution in [2.45, 2.75) is 6.61 Å². The van der Waals surface area contributed by atoms with Crippen molar-refractivity contribution in [2.75, 3.05) is 12.4 Å². The molecular weight excluding hydrogens is 326 g/mol. The maximum Gasteiger partial charge on any atom is 0.287 e. The van der Waals surface area contributed by atoms with Gasteiger partial charge in [0.25, 0.3) is 5.69 Å². The van der Waals surface area contributed by atoms with Crippen molar-refractivity contribution in [3.63, 3.8) is 0 Å². The summed E-state index contributed by atoms with van der Waals surface area (Å²) in [5.41, 5.74) is 0.703. The Hall–Kier alpha value is -2.15. The van der Waals surface area contributed by atoms with E-state index in [1.165, 1.54) is 6.07 Å². The van der Waals surface area contributed by atoms with Crippen LogP contribution in [0.25, 0.3) is 0 Å². The van der Waals surface area contributed by atoms with Crippen molar-refractivity contribution in [1.29, 1.82) is 0 Å². The fourth-order valence-corrected chi connectivity index (χ4v) is 2.13. The van der Waals surface area contributed by atoms with Crippen LogP contribution in [-0.4, -0.2) is 17.0 Å². The largest absolute Gasteiger partial charge is 0.486 e. The van der Waals surface area contributed by atoms with E-state index in [1.807, 2.05) is 18.2 Å².